The molecule has 3 rings (SSSR count). The molecule has 5 nitrogen and oxygen atoms in total. The SMILES string of the molecule is CC(C)(O)c1ncc(-c2ccc3ncc(Cl)c(N)c3c2)cn1. The van der Waals surface area contributed by atoms with E-state index in [1.807, 2.05) is 18.2 Å². The van der Waals surface area contributed by atoms with Gasteiger partial charge in [-0.3, -0.25) is 4.98 Å². The lowest BCUT2D eigenvalue weighted by Gasteiger charge is -2.15. The number of hydrogen-bond acceptors (Lipinski definition) is 5. The standard InChI is InChI=1S/C16H15ClN4O/c1-16(2,22)15-20-6-10(7-21-15)9-3-4-13-11(5-9)14(18)12(17)8-19-13/h3-8,22H,1-2H3,(H2,18,19). The van der Waals surface area contributed by atoms with Crippen LogP contribution in [0.25, 0.3) is 22.0 Å². The van der Waals surface area contributed by atoms with Gasteiger partial charge in [-0.15, -0.1) is 0 Å². The minimum atomic E-state index is -1.07. The van der Waals surface area contributed by atoms with Crippen molar-refractivity contribution in [2.75, 3.05) is 5.73 Å². The second-order valence-electron chi connectivity index (χ2n) is 5.61. The summed E-state index contributed by atoms with van der Waals surface area (Å²) in [5.74, 6) is 0.376. The van der Waals surface area contributed by atoms with Crippen molar-refractivity contribution in [1.29, 1.82) is 0 Å². The van der Waals surface area contributed by atoms with Crippen molar-refractivity contribution >= 4 is 28.2 Å². The molecule has 0 aliphatic carbocycles. The van der Waals surface area contributed by atoms with Crippen molar-refractivity contribution in [2.45, 2.75) is 19.4 Å². The molecule has 0 aliphatic rings. The van der Waals surface area contributed by atoms with E-state index in [1.165, 1.54) is 0 Å². The number of rotatable bonds is 2. The van der Waals surface area contributed by atoms with E-state index in [-0.39, 0.29) is 0 Å². The molecule has 3 aromatic rings. The van der Waals surface area contributed by atoms with Crippen molar-refractivity contribution in [3.8, 4) is 11.1 Å². The van der Waals surface area contributed by atoms with E-state index in [4.69, 9.17) is 17.3 Å². The molecule has 0 saturated carbocycles. The van der Waals surface area contributed by atoms with Gasteiger partial charge in [0.25, 0.3) is 0 Å². The summed E-state index contributed by atoms with van der Waals surface area (Å²) < 4.78 is 0. The molecular formula is C16H15ClN4O. The zero-order valence-electron chi connectivity index (χ0n) is 12.2. The molecule has 0 amide bonds. The van der Waals surface area contributed by atoms with Gasteiger partial charge in [0.05, 0.1) is 16.2 Å². The molecule has 0 radical (unpaired) electrons. The number of fused-ring (bicyclic) bond motifs is 1. The molecule has 0 unspecified atom stereocenters. The highest BCUT2D eigenvalue weighted by atomic mass is 35.5. The number of nitrogens with two attached hydrogens (primary N) is 1. The van der Waals surface area contributed by atoms with Crippen LogP contribution < -0.4 is 5.73 Å². The van der Waals surface area contributed by atoms with Crippen LogP contribution in [0.4, 0.5) is 5.69 Å². The van der Waals surface area contributed by atoms with Gasteiger partial charge in [-0.05, 0) is 31.5 Å². The number of halogens is 1. The normalized spacial score (nSPS) is 11.8. The van der Waals surface area contributed by atoms with Gasteiger partial charge in [0, 0.05) is 29.5 Å². The number of benzene rings is 1. The van der Waals surface area contributed by atoms with E-state index in [9.17, 15) is 5.11 Å². The first-order valence-corrected chi connectivity index (χ1v) is 7.13. The average molecular weight is 315 g/mol. The number of aromatic nitrogens is 3. The molecule has 0 saturated heterocycles. The highest BCUT2D eigenvalue weighted by Gasteiger charge is 2.19. The number of nitrogen functional groups attached to an aromatic ring is 1. The summed E-state index contributed by atoms with van der Waals surface area (Å²) in [5, 5.41) is 11.1. The third-order valence-electron chi connectivity index (χ3n) is 3.39. The lowest BCUT2D eigenvalue weighted by Crippen LogP contribution is -2.19. The first kappa shape index (κ1) is 14.7. The van der Waals surface area contributed by atoms with Crippen LogP contribution in [-0.4, -0.2) is 20.1 Å². The largest absolute Gasteiger partial charge is 0.397 e. The molecule has 112 valence electrons. The lowest BCUT2D eigenvalue weighted by atomic mass is 10.0. The summed E-state index contributed by atoms with van der Waals surface area (Å²) in [6.07, 6.45) is 4.89. The summed E-state index contributed by atoms with van der Waals surface area (Å²) in [6, 6.07) is 5.71. The fourth-order valence-corrected chi connectivity index (χ4v) is 2.31. The highest BCUT2D eigenvalue weighted by molar-refractivity contribution is 6.34. The van der Waals surface area contributed by atoms with Crippen molar-refractivity contribution in [3.63, 3.8) is 0 Å². The maximum Gasteiger partial charge on any atom is 0.159 e. The monoisotopic (exact) mass is 314 g/mol. The van der Waals surface area contributed by atoms with E-state index >= 15 is 0 Å². The van der Waals surface area contributed by atoms with Gasteiger partial charge in [-0.2, -0.15) is 0 Å². The topological polar surface area (TPSA) is 84.9 Å². The Balaban J connectivity index is 2.08. The van der Waals surface area contributed by atoms with E-state index in [0.717, 1.165) is 22.0 Å². The van der Waals surface area contributed by atoms with Crippen LogP contribution in [0.2, 0.25) is 5.02 Å². The second-order valence-corrected chi connectivity index (χ2v) is 6.01. The van der Waals surface area contributed by atoms with Crippen molar-refractivity contribution in [2.24, 2.45) is 0 Å². The van der Waals surface area contributed by atoms with Crippen molar-refractivity contribution in [3.05, 3.63) is 47.6 Å². The van der Waals surface area contributed by atoms with Crippen LogP contribution in [0.5, 0.6) is 0 Å². The third-order valence-corrected chi connectivity index (χ3v) is 3.69. The van der Waals surface area contributed by atoms with E-state index in [0.29, 0.717) is 16.5 Å². The van der Waals surface area contributed by atoms with Crippen LogP contribution in [-0.2, 0) is 5.60 Å². The maximum atomic E-state index is 9.89. The first-order chi connectivity index (χ1) is 10.4. The molecule has 0 bridgehead atoms. The first-order valence-electron chi connectivity index (χ1n) is 6.75. The molecule has 0 fully saturated rings. The Kier molecular flexibility index (Phi) is 3.47. The molecular weight excluding hydrogens is 300 g/mol. The summed E-state index contributed by atoms with van der Waals surface area (Å²) in [4.78, 5) is 12.7. The van der Waals surface area contributed by atoms with Gasteiger partial charge in [0.2, 0.25) is 0 Å². The lowest BCUT2D eigenvalue weighted by molar-refractivity contribution is 0.0687. The Hall–Kier alpha value is -2.24. The van der Waals surface area contributed by atoms with E-state index in [1.54, 1.807) is 32.4 Å². The Bertz CT molecular complexity index is 841. The Morgan fingerprint density at radius 2 is 1.73 bits per heavy atom. The third kappa shape index (κ3) is 2.61. The summed E-state index contributed by atoms with van der Waals surface area (Å²) in [6.45, 7) is 3.29. The number of nitrogens with zero attached hydrogens (tertiary/aromatic N) is 3. The Morgan fingerprint density at radius 3 is 2.36 bits per heavy atom. The maximum absolute atomic E-state index is 9.89. The van der Waals surface area contributed by atoms with Crippen LogP contribution in [0.1, 0.15) is 19.7 Å². The number of hydrogen-bond donors (Lipinski definition) is 2. The molecule has 22 heavy (non-hydrogen) atoms. The molecule has 0 aliphatic heterocycles. The minimum Gasteiger partial charge on any atom is -0.397 e. The van der Waals surface area contributed by atoms with Gasteiger partial charge >= 0.3 is 0 Å². The van der Waals surface area contributed by atoms with Gasteiger partial charge in [0.15, 0.2) is 5.82 Å². The number of aliphatic hydroxyl groups is 1. The van der Waals surface area contributed by atoms with Gasteiger partial charge in [0.1, 0.15) is 5.60 Å². The molecule has 0 spiro atoms. The van der Waals surface area contributed by atoms with Crippen LogP contribution in [0, 0.1) is 0 Å². The fraction of sp³-hybridized carbons (Fsp3) is 0.188. The summed E-state index contributed by atoms with van der Waals surface area (Å²) in [7, 11) is 0. The van der Waals surface area contributed by atoms with E-state index < -0.39 is 5.60 Å². The molecule has 1 aromatic carbocycles. The smallest absolute Gasteiger partial charge is 0.159 e. The highest BCUT2D eigenvalue weighted by Crippen LogP contribution is 2.30. The van der Waals surface area contributed by atoms with Gasteiger partial charge < -0.3 is 10.8 Å². The van der Waals surface area contributed by atoms with Crippen molar-refractivity contribution < 1.29 is 5.11 Å². The summed E-state index contributed by atoms with van der Waals surface area (Å²) in [5.41, 5.74) is 7.96. The van der Waals surface area contributed by atoms with Crippen LogP contribution >= 0.6 is 11.6 Å². The zero-order valence-corrected chi connectivity index (χ0v) is 13.0. The van der Waals surface area contributed by atoms with E-state index in [2.05, 4.69) is 15.0 Å². The Morgan fingerprint density at radius 1 is 1.05 bits per heavy atom. The molecule has 6 heteroatoms. The molecule has 0 atom stereocenters. The predicted octanol–water partition coefficient (Wildman–Crippen LogP) is 3.15. The van der Waals surface area contributed by atoms with Crippen molar-refractivity contribution in [1.82, 2.24) is 15.0 Å². The molecule has 2 aromatic heterocycles. The zero-order chi connectivity index (χ0) is 15.9. The average Bonchev–Trinajstić information content (AvgIpc) is 2.50. The van der Waals surface area contributed by atoms with Gasteiger partial charge in [-0.25, -0.2) is 9.97 Å². The molecule has 2 heterocycles. The minimum absolute atomic E-state index is 0.376. The van der Waals surface area contributed by atoms with Crippen LogP contribution in [0.15, 0.2) is 36.8 Å². The Labute approximate surface area is 132 Å². The van der Waals surface area contributed by atoms with Gasteiger partial charge in [-0.1, -0.05) is 17.7 Å². The number of pyridine rings is 1. The molecule has 3 N–H and O–H groups in total. The van der Waals surface area contributed by atoms with Crippen LogP contribution in [0.3, 0.4) is 0 Å². The summed E-state index contributed by atoms with van der Waals surface area (Å²) >= 11 is 6.02. The predicted molar refractivity (Wildman–Crippen MR) is 87.4 cm³/mol. The number of anilines is 1. The fourth-order valence-electron chi connectivity index (χ4n) is 2.16. The quantitative estimate of drug-likeness (QED) is 0.759. The second kappa shape index (κ2) is 5.19.